The number of methoxy groups -OCH3 is 1. The smallest absolute Gasteiger partial charge is 0.141 e. The summed E-state index contributed by atoms with van der Waals surface area (Å²) in [7, 11) is 1.60. The van der Waals surface area contributed by atoms with E-state index in [4.69, 9.17) is 9.47 Å². The van der Waals surface area contributed by atoms with Crippen LogP contribution in [0.2, 0.25) is 0 Å². The summed E-state index contributed by atoms with van der Waals surface area (Å²) in [5, 5.41) is 4.25. The van der Waals surface area contributed by atoms with Crippen LogP contribution in [-0.2, 0) is 16.0 Å². The fraction of sp³-hybridized carbons (Fsp3) is 0.185. The molecule has 35 heavy (non-hydrogen) atoms. The summed E-state index contributed by atoms with van der Waals surface area (Å²) in [4.78, 5) is 25.4. The van der Waals surface area contributed by atoms with E-state index < -0.39 is 0 Å². The standard InChI is InChI=1S/C27H24N4O3S/c1-17-11-19(4-7-25(17)34-21-5-8-26-24(14-21)30-16-35-26)31-27-22-13-18(12-20(32)9-10-33-2)3-6-23(22)28-15-29-27/h3-8,11,13-16H,9-10,12H2,1-2H3,(H,28,29,31). The second kappa shape index (κ2) is 10.2. The van der Waals surface area contributed by atoms with Gasteiger partial charge in [-0.3, -0.25) is 4.79 Å². The minimum absolute atomic E-state index is 0.137. The molecule has 3 aromatic carbocycles. The lowest BCUT2D eigenvalue weighted by Gasteiger charge is -2.13. The van der Waals surface area contributed by atoms with Gasteiger partial charge in [0.2, 0.25) is 0 Å². The Bertz CT molecular complexity index is 1520. The first-order chi connectivity index (χ1) is 17.1. The van der Waals surface area contributed by atoms with E-state index in [1.807, 2.05) is 67.0 Å². The number of nitrogens with zero attached hydrogens (tertiary/aromatic N) is 3. The summed E-state index contributed by atoms with van der Waals surface area (Å²) >= 11 is 1.61. The molecule has 5 aromatic rings. The van der Waals surface area contributed by atoms with Crippen LogP contribution in [0.3, 0.4) is 0 Å². The Morgan fingerprint density at radius 2 is 1.91 bits per heavy atom. The largest absolute Gasteiger partial charge is 0.457 e. The third-order valence-corrected chi connectivity index (χ3v) is 6.46. The van der Waals surface area contributed by atoms with E-state index in [0.29, 0.717) is 25.3 Å². The monoisotopic (exact) mass is 484 g/mol. The Morgan fingerprint density at radius 3 is 2.77 bits per heavy atom. The molecule has 0 aliphatic carbocycles. The lowest BCUT2D eigenvalue weighted by atomic mass is 10.0. The number of ether oxygens (including phenoxy) is 2. The molecule has 176 valence electrons. The van der Waals surface area contributed by atoms with Crippen molar-refractivity contribution in [2.24, 2.45) is 0 Å². The quantitative estimate of drug-likeness (QED) is 0.265. The molecule has 0 radical (unpaired) electrons. The highest BCUT2D eigenvalue weighted by Crippen LogP contribution is 2.31. The number of thiazole rings is 1. The molecule has 1 N–H and O–H groups in total. The van der Waals surface area contributed by atoms with Crippen molar-refractivity contribution in [3.8, 4) is 11.5 Å². The van der Waals surface area contributed by atoms with Crippen molar-refractivity contribution in [2.75, 3.05) is 19.0 Å². The third-order valence-electron chi connectivity index (χ3n) is 5.65. The Morgan fingerprint density at radius 1 is 1.00 bits per heavy atom. The highest BCUT2D eigenvalue weighted by molar-refractivity contribution is 7.16. The van der Waals surface area contributed by atoms with E-state index in [1.54, 1.807) is 18.4 Å². The van der Waals surface area contributed by atoms with E-state index in [-0.39, 0.29) is 5.78 Å². The zero-order valence-electron chi connectivity index (χ0n) is 19.4. The summed E-state index contributed by atoms with van der Waals surface area (Å²) in [6.45, 7) is 2.44. The number of ketones is 1. The molecular weight excluding hydrogens is 460 g/mol. The highest BCUT2D eigenvalue weighted by atomic mass is 32.1. The van der Waals surface area contributed by atoms with Crippen molar-refractivity contribution in [1.29, 1.82) is 0 Å². The van der Waals surface area contributed by atoms with E-state index in [9.17, 15) is 4.79 Å². The first kappa shape index (κ1) is 22.9. The predicted molar refractivity (Wildman–Crippen MR) is 139 cm³/mol. The van der Waals surface area contributed by atoms with Gasteiger partial charge < -0.3 is 14.8 Å². The minimum atomic E-state index is 0.137. The number of benzene rings is 3. The summed E-state index contributed by atoms with van der Waals surface area (Å²) < 4.78 is 12.3. The average Bonchev–Trinajstić information content (AvgIpc) is 3.33. The maximum atomic E-state index is 12.2. The molecule has 0 fully saturated rings. The summed E-state index contributed by atoms with van der Waals surface area (Å²) in [5.41, 5.74) is 6.36. The number of carbonyl (C=O) groups is 1. The zero-order valence-corrected chi connectivity index (χ0v) is 20.3. The van der Waals surface area contributed by atoms with Gasteiger partial charge in [-0.25, -0.2) is 15.0 Å². The van der Waals surface area contributed by atoms with Gasteiger partial charge in [-0.1, -0.05) is 6.07 Å². The summed E-state index contributed by atoms with van der Waals surface area (Å²) in [6.07, 6.45) is 2.29. The molecule has 0 bridgehead atoms. The first-order valence-electron chi connectivity index (χ1n) is 11.2. The van der Waals surface area contributed by atoms with Crippen LogP contribution in [0.5, 0.6) is 11.5 Å². The van der Waals surface area contributed by atoms with Crippen LogP contribution in [0.15, 0.2) is 66.4 Å². The molecule has 0 aliphatic rings. The Balaban J connectivity index is 1.35. The molecule has 7 nitrogen and oxygen atoms in total. The van der Waals surface area contributed by atoms with E-state index >= 15 is 0 Å². The number of nitrogens with one attached hydrogen (secondary N) is 1. The SMILES string of the molecule is COCCC(=O)Cc1ccc2ncnc(Nc3ccc(Oc4ccc5scnc5c4)c(C)c3)c2c1. The Kier molecular flexibility index (Phi) is 6.65. The van der Waals surface area contributed by atoms with Gasteiger partial charge in [0.15, 0.2) is 0 Å². The maximum Gasteiger partial charge on any atom is 0.141 e. The van der Waals surface area contributed by atoms with Crippen LogP contribution >= 0.6 is 11.3 Å². The molecule has 0 saturated carbocycles. The van der Waals surface area contributed by atoms with Gasteiger partial charge >= 0.3 is 0 Å². The lowest BCUT2D eigenvalue weighted by Crippen LogP contribution is -2.06. The first-order valence-corrected chi connectivity index (χ1v) is 12.1. The van der Waals surface area contributed by atoms with Crippen molar-refractivity contribution in [1.82, 2.24) is 15.0 Å². The molecule has 5 rings (SSSR count). The van der Waals surface area contributed by atoms with Crippen LogP contribution in [0.25, 0.3) is 21.1 Å². The van der Waals surface area contributed by atoms with Crippen LogP contribution in [0.1, 0.15) is 17.5 Å². The number of carbonyl (C=O) groups excluding carboxylic acids is 1. The molecule has 0 spiro atoms. The number of anilines is 2. The molecule has 2 aromatic heterocycles. The number of hydrogen-bond donors (Lipinski definition) is 1. The second-order valence-electron chi connectivity index (χ2n) is 8.22. The molecule has 0 unspecified atom stereocenters. The normalized spacial score (nSPS) is 11.1. The van der Waals surface area contributed by atoms with Gasteiger partial charge in [0.05, 0.1) is 27.9 Å². The third kappa shape index (κ3) is 5.29. The van der Waals surface area contributed by atoms with Crippen molar-refractivity contribution in [3.63, 3.8) is 0 Å². The van der Waals surface area contributed by atoms with Crippen molar-refractivity contribution < 1.29 is 14.3 Å². The van der Waals surface area contributed by atoms with E-state index in [1.165, 1.54) is 6.33 Å². The Labute approximate surface area is 206 Å². The average molecular weight is 485 g/mol. The fourth-order valence-electron chi connectivity index (χ4n) is 3.85. The molecule has 8 heteroatoms. The van der Waals surface area contributed by atoms with Gasteiger partial charge in [0.1, 0.15) is 29.4 Å². The van der Waals surface area contributed by atoms with Gasteiger partial charge in [0, 0.05) is 37.1 Å². The lowest BCUT2D eigenvalue weighted by molar-refractivity contribution is -0.119. The summed E-state index contributed by atoms with van der Waals surface area (Å²) in [6, 6.07) is 17.7. The molecular formula is C27H24N4O3S. The number of aromatic nitrogens is 3. The number of rotatable bonds is 9. The van der Waals surface area contributed by atoms with Crippen LogP contribution in [0, 0.1) is 6.92 Å². The molecule has 0 saturated heterocycles. The zero-order chi connectivity index (χ0) is 24.2. The van der Waals surface area contributed by atoms with Gasteiger partial charge in [-0.2, -0.15) is 0 Å². The number of Topliss-reactive ketones (excluding diaryl/α,β-unsaturated/α-hetero) is 1. The molecule has 0 amide bonds. The van der Waals surface area contributed by atoms with Gasteiger partial charge in [-0.05, 0) is 60.5 Å². The number of aryl methyl sites for hydroxylation is 1. The highest BCUT2D eigenvalue weighted by Gasteiger charge is 2.10. The molecule has 0 aliphatic heterocycles. The van der Waals surface area contributed by atoms with E-state index in [2.05, 4.69) is 20.3 Å². The minimum Gasteiger partial charge on any atom is -0.457 e. The van der Waals surface area contributed by atoms with E-state index in [0.717, 1.165) is 49.4 Å². The van der Waals surface area contributed by atoms with Crippen LogP contribution < -0.4 is 10.1 Å². The van der Waals surface area contributed by atoms with Gasteiger partial charge in [0.25, 0.3) is 0 Å². The fourth-order valence-corrected chi connectivity index (χ4v) is 4.51. The number of hydrogen-bond acceptors (Lipinski definition) is 8. The Hall–Kier alpha value is -3.88. The second-order valence-corrected chi connectivity index (χ2v) is 9.11. The van der Waals surface area contributed by atoms with Crippen molar-refractivity contribution in [3.05, 3.63) is 77.6 Å². The molecule has 2 heterocycles. The number of fused-ring (bicyclic) bond motifs is 2. The van der Waals surface area contributed by atoms with Crippen molar-refractivity contribution >= 4 is 49.7 Å². The summed E-state index contributed by atoms with van der Waals surface area (Å²) in [5.74, 6) is 2.34. The maximum absolute atomic E-state index is 12.2. The molecule has 0 atom stereocenters. The van der Waals surface area contributed by atoms with Gasteiger partial charge in [-0.15, -0.1) is 11.3 Å². The predicted octanol–water partition coefficient (Wildman–Crippen LogP) is 6.23. The van der Waals surface area contributed by atoms with Crippen LogP contribution in [0.4, 0.5) is 11.5 Å². The topological polar surface area (TPSA) is 86.2 Å². The van der Waals surface area contributed by atoms with Crippen LogP contribution in [-0.4, -0.2) is 34.5 Å². The van der Waals surface area contributed by atoms with Crippen molar-refractivity contribution in [2.45, 2.75) is 19.8 Å².